The normalized spacial score (nSPS) is 10.5. The molecule has 8 heavy (non-hydrogen) atoms. The number of nitrogens with two attached hydrogens (primary N) is 2. The van der Waals surface area contributed by atoms with E-state index in [2.05, 4.69) is 0 Å². The van der Waals surface area contributed by atoms with Crippen LogP contribution in [0.5, 0.6) is 0 Å². The van der Waals surface area contributed by atoms with Crippen molar-refractivity contribution in [2.45, 2.75) is 0 Å². The van der Waals surface area contributed by atoms with Gasteiger partial charge in [0.05, 0.1) is 0 Å². The van der Waals surface area contributed by atoms with E-state index in [9.17, 15) is 0 Å². The van der Waals surface area contributed by atoms with Crippen LogP contribution in [0, 0.1) is 0 Å². The van der Waals surface area contributed by atoms with Crippen molar-refractivity contribution in [2.75, 3.05) is 12.6 Å². The molecule has 0 aliphatic carbocycles. The minimum absolute atomic E-state index is 0. The maximum atomic E-state index is 8.55. The Morgan fingerprint density at radius 3 is 1.38 bits per heavy atom. The van der Waals surface area contributed by atoms with Crippen molar-refractivity contribution >= 4 is 20.1 Å². The predicted molar refractivity (Wildman–Crippen MR) is 36.7 cm³/mol. The maximum absolute atomic E-state index is 8.55. The van der Waals surface area contributed by atoms with Gasteiger partial charge in [0.25, 0.3) is 7.72 Å². The fourth-order valence-electron chi connectivity index (χ4n) is 0.0745. The maximum Gasteiger partial charge on any atom is 0.295 e. The minimum atomic E-state index is -2.85. The van der Waals surface area contributed by atoms with Gasteiger partial charge in [0, 0.05) is 0 Å². The molecule has 0 bridgehead atoms. The van der Waals surface area contributed by atoms with Gasteiger partial charge < -0.3 is 0 Å². The zero-order valence-electron chi connectivity index (χ0n) is 4.32. The lowest BCUT2D eigenvalue weighted by Gasteiger charge is -2.04. The average Bonchev–Trinajstić information content (AvgIpc) is 1.68. The van der Waals surface area contributed by atoms with Gasteiger partial charge in [-0.2, -0.15) is 0 Å². The lowest BCUT2D eigenvalue weighted by atomic mass is 11.5. The van der Waals surface area contributed by atoms with Crippen LogP contribution in [0.2, 0.25) is 0 Å². The van der Waals surface area contributed by atoms with Crippen molar-refractivity contribution in [3.05, 3.63) is 0 Å². The molecule has 52 valence electrons. The highest BCUT2D eigenvalue weighted by molar-refractivity contribution is 7.64. The molecule has 0 rings (SSSR count). The first kappa shape index (κ1) is 11.4. The molecule has 0 aromatic heterocycles. The van der Waals surface area contributed by atoms with Gasteiger partial charge in [0.1, 0.15) is 0 Å². The molecule has 0 amide bonds. The van der Waals surface area contributed by atoms with Crippen LogP contribution in [0.25, 0.3) is 0 Å². The van der Waals surface area contributed by atoms with E-state index in [1.807, 2.05) is 0 Å². The molecule has 0 spiro atoms. The average molecular weight is 162 g/mol. The monoisotopic (exact) mass is 161 g/mol. The highest BCUT2D eigenvalue weighted by atomic mass is 35.5. The second-order valence-electron chi connectivity index (χ2n) is 1.24. The number of rotatable bonds is 2. The van der Waals surface area contributed by atoms with Crippen LogP contribution in [0.4, 0.5) is 0 Å². The van der Waals surface area contributed by atoms with Crippen molar-refractivity contribution in [3.8, 4) is 0 Å². The molecule has 0 radical (unpaired) electrons. The first-order valence-corrected chi connectivity index (χ1v) is 3.91. The van der Waals surface area contributed by atoms with Crippen LogP contribution in [-0.2, 0) is 0 Å². The molecule has 0 atom stereocenters. The Morgan fingerprint density at radius 1 is 1.12 bits per heavy atom. The molecular formula is C2H11ClN2O2P+. The summed E-state index contributed by atoms with van der Waals surface area (Å²) in [6, 6.07) is 0. The second-order valence-corrected chi connectivity index (χ2v) is 3.73. The van der Waals surface area contributed by atoms with Crippen LogP contribution >= 0.6 is 20.1 Å². The quantitative estimate of drug-likeness (QED) is 0.394. The fourth-order valence-corrected chi connectivity index (χ4v) is 0.224. The molecular weight excluding hydrogens is 150 g/mol. The molecule has 4 nitrogen and oxygen atoms in total. The van der Waals surface area contributed by atoms with Crippen molar-refractivity contribution < 1.29 is 9.79 Å². The number of hydrogen-bond donors (Lipinski definition) is 4. The Kier molecular flexibility index (Phi) is 6.31. The highest BCUT2D eigenvalue weighted by Gasteiger charge is 2.27. The summed E-state index contributed by atoms with van der Waals surface area (Å²) in [6.07, 6.45) is -0.215. The summed E-state index contributed by atoms with van der Waals surface area (Å²) >= 11 is 0. The fraction of sp³-hybridized carbons (Fsp3) is 1.00. The van der Waals surface area contributed by atoms with Crippen LogP contribution in [0.3, 0.4) is 0 Å². The molecule has 0 saturated heterocycles. The molecule has 0 aromatic carbocycles. The Labute approximate surface area is 54.8 Å². The van der Waals surface area contributed by atoms with Gasteiger partial charge in [-0.05, 0) is 0 Å². The molecule has 0 saturated carbocycles. The number of hydrogen-bond acceptors (Lipinski definition) is 4. The van der Waals surface area contributed by atoms with E-state index in [-0.39, 0.29) is 25.0 Å². The van der Waals surface area contributed by atoms with E-state index in [0.29, 0.717) is 0 Å². The van der Waals surface area contributed by atoms with E-state index < -0.39 is 7.72 Å². The van der Waals surface area contributed by atoms with E-state index in [4.69, 9.17) is 21.3 Å². The standard InChI is InChI=1S/C2H10N2O2P.ClH/c3-1-7(5,6)2-4;/h5-6H,1-4H2;1H/q+1;. The molecule has 0 aliphatic rings. The van der Waals surface area contributed by atoms with Crippen LogP contribution in [-0.4, -0.2) is 22.4 Å². The van der Waals surface area contributed by atoms with Crippen LogP contribution in [0.1, 0.15) is 0 Å². The first-order valence-electron chi connectivity index (χ1n) is 1.85. The van der Waals surface area contributed by atoms with Gasteiger partial charge in [-0.3, -0.25) is 11.5 Å². The molecule has 0 fully saturated rings. The summed E-state index contributed by atoms with van der Waals surface area (Å²) in [6.45, 7) is 0. The third kappa shape index (κ3) is 4.71. The van der Waals surface area contributed by atoms with Crippen LogP contribution < -0.4 is 11.5 Å². The minimum Gasteiger partial charge on any atom is -0.295 e. The van der Waals surface area contributed by atoms with E-state index >= 15 is 0 Å². The van der Waals surface area contributed by atoms with Gasteiger partial charge in [-0.1, -0.05) is 0 Å². The Morgan fingerprint density at radius 2 is 1.38 bits per heavy atom. The molecule has 0 unspecified atom stereocenters. The smallest absolute Gasteiger partial charge is 0.295 e. The molecule has 0 aliphatic heterocycles. The summed E-state index contributed by atoms with van der Waals surface area (Å²) in [5, 5.41) is 0. The zero-order chi connectivity index (χ0) is 5.91. The molecule has 6 N–H and O–H groups in total. The van der Waals surface area contributed by atoms with Crippen molar-refractivity contribution in [2.24, 2.45) is 11.5 Å². The van der Waals surface area contributed by atoms with Crippen molar-refractivity contribution in [1.82, 2.24) is 0 Å². The lowest BCUT2D eigenvalue weighted by Crippen LogP contribution is -2.14. The third-order valence-corrected chi connectivity index (χ3v) is 1.75. The molecule has 6 heteroatoms. The van der Waals surface area contributed by atoms with E-state index in [1.54, 1.807) is 0 Å². The van der Waals surface area contributed by atoms with Crippen molar-refractivity contribution in [1.29, 1.82) is 0 Å². The SMILES string of the molecule is Cl.NC[P+](O)(O)CN. The van der Waals surface area contributed by atoms with Gasteiger partial charge in [-0.25, -0.2) is 9.79 Å². The largest absolute Gasteiger partial charge is 0.295 e. The highest BCUT2D eigenvalue weighted by Crippen LogP contribution is 2.44. The van der Waals surface area contributed by atoms with E-state index in [1.165, 1.54) is 0 Å². The molecule has 0 heterocycles. The van der Waals surface area contributed by atoms with Gasteiger partial charge in [0.2, 0.25) is 0 Å². The summed E-state index contributed by atoms with van der Waals surface area (Å²) in [5.74, 6) is 0. The molecule has 0 aromatic rings. The Hall–Kier alpha value is 0.560. The second kappa shape index (κ2) is 4.44. The lowest BCUT2D eigenvalue weighted by molar-refractivity contribution is 0.450. The number of halogens is 1. The third-order valence-electron chi connectivity index (χ3n) is 0.585. The van der Waals surface area contributed by atoms with Gasteiger partial charge in [-0.15, -0.1) is 12.4 Å². The Bertz CT molecular complexity index is 56.0. The first-order chi connectivity index (χ1) is 3.12. The summed E-state index contributed by atoms with van der Waals surface area (Å²) in [4.78, 5) is 17.1. The van der Waals surface area contributed by atoms with Crippen LogP contribution in [0.15, 0.2) is 0 Å². The van der Waals surface area contributed by atoms with Gasteiger partial charge >= 0.3 is 0 Å². The zero-order valence-corrected chi connectivity index (χ0v) is 6.03. The van der Waals surface area contributed by atoms with Crippen molar-refractivity contribution in [3.63, 3.8) is 0 Å². The summed E-state index contributed by atoms with van der Waals surface area (Å²) in [7, 11) is -2.85. The van der Waals surface area contributed by atoms with E-state index in [0.717, 1.165) is 0 Å². The topological polar surface area (TPSA) is 92.5 Å². The Balaban J connectivity index is 0. The summed E-state index contributed by atoms with van der Waals surface area (Å²) in [5.41, 5.74) is 9.77. The summed E-state index contributed by atoms with van der Waals surface area (Å²) < 4.78 is 0. The van der Waals surface area contributed by atoms with Gasteiger partial charge in [0.15, 0.2) is 12.6 Å². The predicted octanol–water partition coefficient (Wildman–Crippen LogP) is -0.927.